The molecule has 8 heteroatoms. The Balaban J connectivity index is 1.88. The molecule has 0 saturated carbocycles. The Kier molecular flexibility index (Phi) is 9.34. The van der Waals surface area contributed by atoms with Crippen LogP contribution in [0.15, 0.2) is 36.4 Å². The number of benzene rings is 1. The van der Waals surface area contributed by atoms with Crippen molar-refractivity contribution in [2.45, 2.75) is 0 Å². The molecule has 1 aliphatic heterocycles. The molecule has 1 heterocycles. The van der Waals surface area contributed by atoms with Crippen molar-refractivity contribution in [3.05, 3.63) is 42.0 Å². The fourth-order valence-corrected chi connectivity index (χ4v) is 3.42. The second-order valence-electron chi connectivity index (χ2n) is 5.40. The average molecular weight is 410 g/mol. The summed E-state index contributed by atoms with van der Waals surface area (Å²) in [7, 11) is 3.20. The quantitative estimate of drug-likeness (QED) is 0.193. The molecule has 1 amide bonds. The van der Waals surface area contributed by atoms with E-state index in [1.165, 1.54) is 17.8 Å². The third-order valence-electron chi connectivity index (χ3n) is 3.58. The average Bonchev–Trinajstić information content (AvgIpc) is 3.11. The summed E-state index contributed by atoms with van der Waals surface area (Å²) in [5, 5.41) is 0. The molecular formula is C19H23NO5S2. The molecule has 0 aliphatic carbocycles. The van der Waals surface area contributed by atoms with Gasteiger partial charge in [-0.05, 0) is 17.7 Å². The Labute approximate surface area is 169 Å². The maximum Gasteiger partial charge on any atom is 0.252 e. The van der Waals surface area contributed by atoms with E-state index in [9.17, 15) is 4.79 Å². The van der Waals surface area contributed by atoms with E-state index in [1.54, 1.807) is 31.3 Å². The second-order valence-corrected chi connectivity index (χ2v) is 7.12. The number of ether oxygens (including phenoxy) is 4. The molecule has 1 saturated heterocycles. The summed E-state index contributed by atoms with van der Waals surface area (Å²) in [5.41, 5.74) is 0.920. The van der Waals surface area contributed by atoms with Gasteiger partial charge >= 0.3 is 0 Å². The topological polar surface area (TPSA) is 57.2 Å². The molecule has 2 rings (SSSR count). The Bertz CT molecular complexity index is 705. The van der Waals surface area contributed by atoms with Crippen LogP contribution in [0.25, 0.3) is 6.08 Å². The summed E-state index contributed by atoms with van der Waals surface area (Å²) in [6.45, 7) is 1.77. The lowest BCUT2D eigenvalue weighted by Crippen LogP contribution is -2.28. The van der Waals surface area contributed by atoms with Crippen LogP contribution in [0, 0.1) is 0 Å². The molecular weight excluding hydrogens is 386 g/mol. The maximum absolute atomic E-state index is 12.0. The highest BCUT2D eigenvalue weighted by Crippen LogP contribution is 2.28. The number of hydrogen-bond acceptors (Lipinski definition) is 7. The van der Waals surface area contributed by atoms with Gasteiger partial charge in [0, 0.05) is 25.5 Å². The summed E-state index contributed by atoms with van der Waals surface area (Å²) >= 11 is 6.67. The van der Waals surface area contributed by atoms with E-state index in [2.05, 4.69) is 0 Å². The van der Waals surface area contributed by atoms with Crippen LogP contribution >= 0.6 is 24.0 Å². The van der Waals surface area contributed by atoms with Gasteiger partial charge in [0.05, 0.1) is 20.3 Å². The summed E-state index contributed by atoms with van der Waals surface area (Å²) in [5.74, 6) is 1.97. The number of allylic oxidation sites excluding steroid dienone is 2. The van der Waals surface area contributed by atoms with Crippen LogP contribution in [-0.2, 0) is 14.3 Å². The van der Waals surface area contributed by atoms with Gasteiger partial charge in [0.2, 0.25) is 0 Å². The second kappa shape index (κ2) is 11.8. The number of thiocarbonyl (C=S) groups is 1. The van der Waals surface area contributed by atoms with Crippen molar-refractivity contribution in [2.75, 3.05) is 46.5 Å². The molecule has 1 aromatic carbocycles. The normalized spacial score (nSPS) is 14.4. The fraction of sp³-hybridized carbons (Fsp3) is 0.368. The predicted molar refractivity (Wildman–Crippen MR) is 111 cm³/mol. The van der Waals surface area contributed by atoms with E-state index in [-0.39, 0.29) is 12.7 Å². The number of thioether (sulfide) groups is 1. The first-order valence-electron chi connectivity index (χ1n) is 8.36. The summed E-state index contributed by atoms with van der Waals surface area (Å²) in [6, 6.07) is 5.56. The smallest absolute Gasteiger partial charge is 0.252 e. The van der Waals surface area contributed by atoms with Crippen LogP contribution in [-0.4, -0.2) is 61.7 Å². The highest BCUT2D eigenvalue weighted by atomic mass is 32.2. The van der Waals surface area contributed by atoms with Crippen molar-refractivity contribution in [2.24, 2.45) is 0 Å². The predicted octanol–water partition coefficient (Wildman–Crippen LogP) is 3.12. The van der Waals surface area contributed by atoms with Crippen LogP contribution in [0.4, 0.5) is 0 Å². The lowest BCUT2D eigenvalue weighted by Gasteiger charge is -2.11. The van der Waals surface area contributed by atoms with E-state index >= 15 is 0 Å². The molecule has 0 spiro atoms. The number of hydrogen-bond donors (Lipinski definition) is 0. The van der Waals surface area contributed by atoms with Gasteiger partial charge in [-0.15, -0.1) is 0 Å². The zero-order valence-corrected chi connectivity index (χ0v) is 17.0. The molecule has 1 fully saturated rings. The molecule has 6 nitrogen and oxygen atoms in total. The molecule has 0 radical (unpaired) electrons. The lowest BCUT2D eigenvalue weighted by molar-refractivity contribution is -0.121. The Morgan fingerprint density at radius 1 is 1.26 bits per heavy atom. The SMILES string of the molecule is COCCOCOc1ccc(/C=C/C=C/C(=O)N2CCSC2=S)cc1OC. The van der Waals surface area contributed by atoms with Gasteiger partial charge in [-0.25, -0.2) is 0 Å². The number of amides is 1. The largest absolute Gasteiger partial charge is 0.493 e. The molecule has 0 atom stereocenters. The Morgan fingerprint density at radius 3 is 2.81 bits per heavy atom. The molecule has 0 aromatic heterocycles. The van der Waals surface area contributed by atoms with Crippen LogP contribution in [0.3, 0.4) is 0 Å². The molecule has 0 N–H and O–H groups in total. The first-order valence-corrected chi connectivity index (χ1v) is 9.75. The van der Waals surface area contributed by atoms with E-state index in [1.807, 2.05) is 24.3 Å². The van der Waals surface area contributed by atoms with Crippen LogP contribution < -0.4 is 9.47 Å². The van der Waals surface area contributed by atoms with Crippen molar-refractivity contribution < 1.29 is 23.7 Å². The maximum atomic E-state index is 12.0. The number of carbonyl (C=O) groups is 1. The molecule has 146 valence electrons. The third kappa shape index (κ3) is 6.99. The van der Waals surface area contributed by atoms with Gasteiger partial charge in [0.1, 0.15) is 4.32 Å². The summed E-state index contributed by atoms with van der Waals surface area (Å²) in [4.78, 5) is 13.6. The van der Waals surface area contributed by atoms with Gasteiger partial charge in [-0.3, -0.25) is 9.69 Å². The van der Waals surface area contributed by atoms with E-state index in [0.717, 1.165) is 11.3 Å². The van der Waals surface area contributed by atoms with Gasteiger partial charge in [-0.2, -0.15) is 0 Å². The minimum absolute atomic E-state index is 0.0931. The highest BCUT2D eigenvalue weighted by Gasteiger charge is 2.21. The van der Waals surface area contributed by atoms with Gasteiger partial charge in [0.15, 0.2) is 18.3 Å². The summed E-state index contributed by atoms with van der Waals surface area (Å²) in [6.07, 6.45) is 6.89. The zero-order chi connectivity index (χ0) is 19.5. The van der Waals surface area contributed by atoms with Crippen molar-refractivity contribution >= 4 is 40.3 Å². The third-order valence-corrected chi connectivity index (χ3v) is 5.01. The van der Waals surface area contributed by atoms with Crippen molar-refractivity contribution in [3.63, 3.8) is 0 Å². The van der Waals surface area contributed by atoms with Crippen molar-refractivity contribution in [1.29, 1.82) is 0 Å². The Hall–Kier alpha value is -1.87. The molecule has 0 bridgehead atoms. The number of nitrogens with zero attached hydrogens (tertiary/aromatic N) is 1. The van der Waals surface area contributed by atoms with Gasteiger partial charge in [-0.1, -0.05) is 48.3 Å². The van der Waals surface area contributed by atoms with E-state index in [0.29, 0.717) is 35.6 Å². The van der Waals surface area contributed by atoms with Gasteiger partial charge < -0.3 is 18.9 Å². The number of rotatable bonds is 10. The number of methoxy groups -OCH3 is 2. The fourth-order valence-electron chi connectivity index (χ4n) is 2.20. The van der Waals surface area contributed by atoms with Gasteiger partial charge in [0.25, 0.3) is 5.91 Å². The molecule has 0 unspecified atom stereocenters. The molecule has 27 heavy (non-hydrogen) atoms. The van der Waals surface area contributed by atoms with Crippen molar-refractivity contribution in [3.8, 4) is 11.5 Å². The molecule has 1 aromatic rings. The van der Waals surface area contributed by atoms with Crippen molar-refractivity contribution in [1.82, 2.24) is 4.90 Å². The lowest BCUT2D eigenvalue weighted by atomic mass is 10.2. The first kappa shape index (κ1) is 21.4. The van der Waals surface area contributed by atoms with Crippen LogP contribution in [0.2, 0.25) is 0 Å². The first-order chi connectivity index (χ1) is 13.2. The molecule has 1 aliphatic rings. The highest BCUT2D eigenvalue weighted by molar-refractivity contribution is 8.23. The zero-order valence-electron chi connectivity index (χ0n) is 15.4. The van der Waals surface area contributed by atoms with Crippen LogP contribution in [0.1, 0.15) is 5.56 Å². The minimum atomic E-state index is -0.0931. The standard InChI is InChI=1S/C19H23NO5S2/c1-22-10-11-24-14-25-16-8-7-15(13-17(16)23-2)5-3-4-6-18(21)20-9-12-27-19(20)26/h3-8,13H,9-12,14H2,1-2H3/b5-3+,6-4+. The van der Waals surface area contributed by atoms with E-state index in [4.69, 9.17) is 31.2 Å². The van der Waals surface area contributed by atoms with E-state index < -0.39 is 0 Å². The monoisotopic (exact) mass is 409 g/mol. The Morgan fingerprint density at radius 2 is 2.11 bits per heavy atom. The summed E-state index contributed by atoms with van der Waals surface area (Å²) < 4.78 is 21.7. The van der Waals surface area contributed by atoms with Crippen LogP contribution in [0.5, 0.6) is 11.5 Å². The minimum Gasteiger partial charge on any atom is -0.493 e. The number of carbonyl (C=O) groups excluding carboxylic acids is 1.